The van der Waals surface area contributed by atoms with E-state index in [4.69, 9.17) is 9.72 Å². The molecule has 0 saturated heterocycles. The maximum Gasteiger partial charge on any atom is 0.288 e. The number of imidazole rings is 1. The predicted molar refractivity (Wildman–Crippen MR) is 156 cm³/mol. The zero-order valence-corrected chi connectivity index (χ0v) is 24.6. The highest BCUT2D eigenvalue weighted by Gasteiger charge is 2.41. The van der Waals surface area contributed by atoms with Crippen molar-refractivity contribution in [2.24, 2.45) is 0 Å². The van der Waals surface area contributed by atoms with Gasteiger partial charge in [0, 0.05) is 38.2 Å². The summed E-state index contributed by atoms with van der Waals surface area (Å²) in [6.07, 6.45) is 8.23. The van der Waals surface area contributed by atoms with E-state index in [9.17, 15) is 13.6 Å². The minimum Gasteiger partial charge on any atom is -0.480 e. The Morgan fingerprint density at radius 2 is 1.89 bits per heavy atom. The minimum atomic E-state index is -3.15. The Balaban J connectivity index is 1.26. The molecule has 0 atom stereocenters. The average molecular weight is 605 g/mol. The van der Waals surface area contributed by atoms with Crippen LogP contribution in [0.25, 0.3) is 22.8 Å². The maximum absolute atomic E-state index is 15.6. The van der Waals surface area contributed by atoms with Gasteiger partial charge in [-0.2, -0.15) is 8.78 Å². The van der Waals surface area contributed by atoms with Crippen molar-refractivity contribution >= 4 is 17.4 Å². The molecule has 3 aliphatic rings. The molecule has 1 amide bonds. The molecular formula is C31H31F3N8O2. The molecule has 4 aromatic rings. The van der Waals surface area contributed by atoms with Crippen LogP contribution >= 0.6 is 0 Å². The zero-order valence-electron chi connectivity index (χ0n) is 24.6. The number of hydrogen-bond acceptors (Lipinski definition) is 8. The molecule has 4 heterocycles. The van der Waals surface area contributed by atoms with E-state index in [0.717, 1.165) is 38.3 Å². The minimum absolute atomic E-state index is 0.0520. The van der Waals surface area contributed by atoms with Crippen molar-refractivity contribution in [1.82, 2.24) is 29.5 Å². The molecule has 0 radical (unpaired) electrons. The summed E-state index contributed by atoms with van der Waals surface area (Å²) in [5.41, 5.74) is 2.36. The highest BCUT2D eigenvalue weighted by Crippen LogP contribution is 2.46. The fourth-order valence-electron chi connectivity index (χ4n) is 5.76. The Kier molecular flexibility index (Phi) is 6.78. The van der Waals surface area contributed by atoms with Gasteiger partial charge in [-0.15, -0.1) is 0 Å². The molecule has 0 spiro atoms. The van der Waals surface area contributed by atoms with Gasteiger partial charge in [-0.05, 0) is 50.3 Å². The first-order valence-corrected chi connectivity index (χ1v) is 14.7. The van der Waals surface area contributed by atoms with Crippen molar-refractivity contribution in [2.45, 2.75) is 70.5 Å². The molecule has 2 aliphatic carbocycles. The van der Waals surface area contributed by atoms with Gasteiger partial charge in [-0.3, -0.25) is 4.79 Å². The molecule has 44 heavy (non-hydrogen) atoms. The Morgan fingerprint density at radius 3 is 2.55 bits per heavy atom. The zero-order chi connectivity index (χ0) is 30.7. The summed E-state index contributed by atoms with van der Waals surface area (Å²) in [7, 11) is 1.54. The second-order valence-electron chi connectivity index (χ2n) is 11.6. The average Bonchev–Trinajstić information content (AvgIpc) is 3.94. The lowest BCUT2D eigenvalue weighted by atomic mass is 10.1. The van der Waals surface area contributed by atoms with E-state index in [0.29, 0.717) is 40.9 Å². The number of nitrogens with zero attached hydrogens (tertiary/aromatic N) is 8. The van der Waals surface area contributed by atoms with Crippen LogP contribution in [0, 0.1) is 5.82 Å². The van der Waals surface area contributed by atoms with E-state index < -0.39 is 17.4 Å². The normalized spacial score (nSPS) is 16.8. The molecule has 2 saturated carbocycles. The number of methoxy groups -OCH3 is 1. The number of aryl methyl sites for hydroxylation is 1. The van der Waals surface area contributed by atoms with Crippen LogP contribution in [0.15, 0.2) is 36.9 Å². The molecule has 2 fully saturated rings. The summed E-state index contributed by atoms with van der Waals surface area (Å²) >= 11 is 0. The molecule has 0 N–H and O–H groups in total. The fraction of sp³-hybridized carbons (Fsp3) is 0.419. The molecule has 1 aromatic carbocycles. The molecule has 10 nitrogen and oxygen atoms in total. The molecule has 7 rings (SSSR count). The fourth-order valence-corrected chi connectivity index (χ4v) is 5.76. The number of aromatic nitrogens is 6. The number of anilines is 2. The number of ether oxygens (including phenoxy) is 1. The first-order valence-electron chi connectivity index (χ1n) is 14.7. The van der Waals surface area contributed by atoms with Crippen molar-refractivity contribution in [3.63, 3.8) is 0 Å². The number of alkyl halides is 2. The van der Waals surface area contributed by atoms with Gasteiger partial charge < -0.3 is 19.1 Å². The molecule has 0 unspecified atom stereocenters. The molecule has 13 heteroatoms. The van der Waals surface area contributed by atoms with Crippen LogP contribution in [0.3, 0.4) is 0 Å². The van der Waals surface area contributed by atoms with Crippen LogP contribution in [0.4, 0.5) is 24.7 Å². The van der Waals surface area contributed by atoms with E-state index in [1.165, 1.54) is 23.2 Å². The summed E-state index contributed by atoms with van der Waals surface area (Å²) in [5, 5.41) is 0. The third-order valence-electron chi connectivity index (χ3n) is 8.25. The van der Waals surface area contributed by atoms with Gasteiger partial charge in [-0.25, -0.2) is 29.3 Å². The predicted octanol–water partition coefficient (Wildman–Crippen LogP) is 5.47. The maximum atomic E-state index is 15.6. The van der Waals surface area contributed by atoms with Gasteiger partial charge in [0.15, 0.2) is 11.6 Å². The number of fused-ring (bicyclic) bond motifs is 1. The van der Waals surface area contributed by atoms with Crippen LogP contribution in [0.5, 0.6) is 5.88 Å². The monoisotopic (exact) mass is 604 g/mol. The molecule has 3 aromatic heterocycles. The lowest BCUT2D eigenvalue weighted by molar-refractivity contribution is -0.117. The Morgan fingerprint density at radius 1 is 1.09 bits per heavy atom. The number of carbonyl (C=O) groups is 1. The number of amides is 1. The van der Waals surface area contributed by atoms with E-state index in [2.05, 4.69) is 19.9 Å². The first kappa shape index (κ1) is 28.2. The standard InChI is InChI=1S/C31H31F3N8O2/c1-4-40-14-23(31(2,33)34)38-28(40)20-10-5-17(11-21(20)32)13-41-15-24(43)42(19-8-9-19)22-12-35-27(39-29(22)41)25-26(18-6-7-18)36-16-37-30(25)44-3/h5,10-12,14,16,18-19H,4,6-9,13,15H2,1-3H3. The second kappa shape index (κ2) is 10.6. The van der Waals surface area contributed by atoms with Gasteiger partial charge in [-0.1, -0.05) is 6.07 Å². The van der Waals surface area contributed by atoms with Crippen molar-refractivity contribution in [3.05, 3.63) is 59.7 Å². The summed E-state index contributed by atoms with van der Waals surface area (Å²) in [5.74, 6) is -2.08. The van der Waals surface area contributed by atoms with Crippen molar-refractivity contribution in [1.29, 1.82) is 0 Å². The highest BCUT2D eigenvalue weighted by atomic mass is 19.3. The number of benzene rings is 1. The summed E-state index contributed by atoms with van der Waals surface area (Å²) < 4.78 is 50.6. The highest BCUT2D eigenvalue weighted by molar-refractivity contribution is 6.03. The Hall–Kier alpha value is -4.55. The number of rotatable bonds is 9. The molecule has 228 valence electrons. The lowest BCUT2D eigenvalue weighted by Crippen LogP contribution is -2.47. The Labute approximate surface area is 252 Å². The number of carbonyl (C=O) groups excluding carboxylic acids is 1. The van der Waals surface area contributed by atoms with Crippen molar-refractivity contribution in [2.75, 3.05) is 23.5 Å². The van der Waals surface area contributed by atoms with Crippen molar-refractivity contribution < 1.29 is 22.7 Å². The third kappa shape index (κ3) is 5.03. The van der Waals surface area contributed by atoms with Gasteiger partial charge in [0.2, 0.25) is 11.8 Å². The van der Waals surface area contributed by atoms with E-state index in [1.54, 1.807) is 37.3 Å². The van der Waals surface area contributed by atoms with Gasteiger partial charge in [0.05, 0.1) is 31.1 Å². The van der Waals surface area contributed by atoms with Crippen LogP contribution < -0.4 is 14.5 Å². The van der Waals surface area contributed by atoms with E-state index in [1.807, 2.05) is 4.90 Å². The van der Waals surface area contributed by atoms with Crippen molar-refractivity contribution in [3.8, 4) is 28.7 Å². The summed E-state index contributed by atoms with van der Waals surface area (Å²) in [6.45, 7) is 3.14. The number of halogens is 3. The van der Waals surface area contributed by atoms with E-state index >= 15 is 4.39 Å². The smallest absolute Gasteiger partial charge is 0.288 e. The molecule has 1 aliphatic heterocycles. The molecule has 0 bridgehead atoms. The Bertz CT molecular complexity index is 1760. The first-order chi connectivity index (χ1) is 21.2. The van der Waals surface area contributed by atoms with Crippen LogP contribution in [0.1, 0.15) is 62.4 Å². The van der Waals surface area contributed by atoms with Crippen LogP contribution in [0.2, 0.25) is 0 Å². The second-order valence-corrected chi connectivity index (χ2v) is 11.6. The molecular weight excluding hydrogens is 573 g/mol. The van der Waals surface area contributed by atoms with Crippen LogP contribution in [-0.2, 0) is 23.8 Å². The summed E-state index contributed by atoms with van der Waals surface area (Å²) in [4.78, 5) is 39.4. The van der Waals surface area contributed by atoms with Crippen LogP contribution in [-0.4, -0.2) is 55.1 Å². The SMILES string of the molecule is CCn1cc(C(C)(F)F)nc1-c1ccc(CN2CC(=O)N(C3CC3)c3cnc(-c4c(OC)ncnc4C4CC4)nc32)cc1F. The van der Waals surface area contributed by atoms with Gasteiger partial charge in [0.25, 0.3) is 5.92 Å². The quantitative estimate of drug-likeness (QED) is 0.248. The summed E-state index contributed by atoms with van der Waals surface area (Å²) in [6, 6.07) is 4.72. The third-order valence-corrected chi connectivity index (χ3v) is 8.25. The van der Waals surface area contributed by atoms with Gasteiger partial charge >= 0.3 is 0 Å². The largest absolute Gasteiger partial charge is 0.480 e. The van der Waals surface area contributed by atoms with E-state index in [-0.39, 0.29) is 42.3 Å². The number of hydrogen-bond donors (Lipinski definition) is 0. The van der Waals surface area contributed by atoms with Gasteiger partial charge in [0.1, 0.15) is 34.9 Å². The lowest BCUT2D eigenvalue weighted by Gasteiger charge is -2.36. The topological polar surface area (TPSA) is 102 Å².